The van der Waals surface area contributed by atoms with Gasteiger partial charge in [-0.15, -0.1) is 0 Å². The molecule has 4 nitrogen and oxygen atoms in total. The Morgan fingerprint density at radius 2 is 2.11 bits per heavy atom. The average Bonchev–Trinajstić information content (AvgIpc) is 2.94. The molecule has 1 aliphatic carbocycles. The number of nitrogens with one attached hydrogen (secondary N) is 1. The Labute approximate surface area is 112 Å². The first-order valence-corrected chi connectivity index (χ1v) is 6.63. The van der Waals surface area contributed by atoms with E-state index in [4.69, 9.17) is 11.0 Å². The second-order valence-electron chi connectivity index (χ2n) is 5.06. The lowest BCUT2D eigenvalue weighted by molar-refractivity contribution is 0.757. The molecule has 1 aromatic carbocycles. The van der Waals surface area contributed by atoms with Crippen molar-refractivity contribution in [2.45, 2.75) is 31.7 Å². The number of nitriles is 1. The Hall–Kier alpha value is -2.28. The van der Waals surface area contributed by atoms with Crippen LogP contribution in [-0.4, -0.2) is 11.0 Å². The van der Waals surface area contributed by atoms with Gasteiger partial charge in [-0.2, -0.15) is 5.26 Å². The fourth-order valence-electron chi connectivity index (χ4n) is 2.71. The number of anilines is 2. The van der Waals surface area contributed by atoms with Gasteiger partial charge in [-0.25, -0.2) is 0 Å². The van der Waals surface area contributed by atoms with Crippen LogP contribution in [0.25, 0.3) is 10.9 Å². The smallest absolute Gasteiger partial charge is 0.0991 e. The van der Waals surface area contributed by atoms with Gasteiger partial charge < -0.3 is 11.1 Å². The van der Waals surface area contributed by atoms with Gasteiger partial charge in [0.05, 0.1) is 34.7 Å². The number of hydrogen-bond donors (Lipinski definition) is 2. The first kappa shape index (κ1) is 11.8. The molecule has 0 radical (unpaired) electrons. The van der Waals surface area contributed by atoms with Crippen LogP contribution in [0.2, 0.25) is 0 Å². The molecule has 1 aliphatic rings. The Morgan fingerprint density at radius 3 is 2.84 bits per heavy atom. The van der Waals surface area contributed by atoms with Crippen molar-refractivity contribution in [3.8, 4) is 6.07 Å². The Morgan fingerprint density at radius 1 is 1.32 bits per heavy atom. The maximum atomic E-state index is 9.02. The summed E-state index contributed by atoms with van der Waals surface area (Å²) < 4.78 is 0. The van der Waals surface area contributed by atoms with Gasteiger partial charge >= 0.3 is 0 Å². The average molecular weight is 252 g/mol. The van der Waals surface area contributed by atoms with Crippen LogP contribution in [0, 0.1) is 11.3 Å². The number of benzene rings is 1. The minimum absolute atomic E-state index is 0.485. The predicted octanol–water partition coefficient (Wildman–Crippen LogP) is 3.04. The second kappa shape index (κ2) is 4.77. The number of fused-ring (bicyclic) bond motifs is 1. The second-order valence-corrected chi connectivity index (χ2v) is 5.06. The lowest BCUT2D eigenvalue weighted by Gasteiger charge is -2.17. The molecule has 0 unspecified atom stereocenters. The molecule has 0 bridgehead atoms. The van der Waals surface area contributed by atoms with Gasteiger partial charge in [-0.3, -0.25) is 4.98 Å². The molecule has 2 aromatic rings. The maximum absolute atomic E-state index is 9.02. The number of rotatable bonds is 2. The topological polar surface area (TPSA) is 74.7 Å². The molecular formula is C15H16N4. The van der Waals surface area contributed by atoms with E-state index in [0.717, 1.165) is 16.6 Å². The van der Waals surface area contributed by atoms with Crippen LogP contribution in [0.4, 0.5) is 11.4 Å². The van der Waals surface area contributed by atoms with E-state index < -0.39 is 0 Å². The largest absolute Gasteiger partial charge is 0.396 e. The van der Waals surface area contributed by atoms with E-state index in [2.05, 4.69) is 16.4 Å². The van der Waals surface area contributed by atoms with E-state index in [0.29, 0.717) is 17.3 Å². The van der Waals surface area contributed by atoms with Crippen LogP contribution in [0.15, 0.2) is 24.4 Å². The molecule has 0 aliphatic heterocycles. The van der Waals surface area contributed by atoms with Crippen LogP contribution in [-0.2, 0) is 0 Å². The van der Waals surface area contributed by atoms with E-state index >= 15 is 0 Å². The summed E-state index contributed by atoms with van der Waals surface area (Å²) in [6.07, 6.45) is 6.59. The summed E-state index contributed by atoms with van der Waals surface area (Å²) in [6, 6.07) is 8.16. The highest BCUT2D eigenvalue weighted by Gasteiger charge is 2.17. The lowest BCUT2D eigenvalue weighted by atomic mass is 10.1. The van der Waals surface area contributed by atoms with E-state index in [9.17, 15) is 0 Å². The van der Waals surface area contributed by atoms with E-state index in [-0.39, 0.29) is 0 Å². The molecule has 3 N–H and O–H groups in total. The quantitative estimate of drug-likeness (QED) is 0.861. The van der Waals surface area contributed by atoms with Crippen LogP contribution < -0.4 is 11.1 Å². The molecule has 3 rings (SSSR count). The van der Waals surface area contributed by atoms with Gasteiger partial charge in [0.2, 0.25) is 0 Å². The summed E-state index contributed by atoms with van der Waals surface area (Å²) in [4.78, 5) is 4.32. The molecular weight excluding hydrogens is 236 g/mol. The number of nitrogen functional groups attached to an aromatic ring is 1. The molecule has 1 saturated carbocycles. The molecule has 0 amide bonds. The van der Waals surface area contributed by atoms with Crippen LogP contribution >= 0.6 is 0 Å². The zero-order valence-corrected chi connectivity index (χ0v) is 10.7. The van der Waals surface area contributed by atoms with Gasteiger partial charge in [0.15, 0.2) is 0 Å². The van der Waals surface area contributed by atoms with E-state index in [1.807, 2.05) is 12.1 Å². The molecule has 0 spiro atoms. The highest BCUT2D eigenvalue weighted by atomic mass is 15.0. The lowest BCUT2D eigenvalue weighted by Crippen LogP contribution is -2.16. The van der Waals surface area contributed by atoms with Crippen molar-refractivity contribution in [2.75, 3.05) is 11.1 Å². The Bertz CT molecular complexity index is 651. The Kier molecular flexibility index (Phi) is 2.96. The number of nitrogens with zero attached hydrogens (tertiary/aromatic N) is 2. The molecule has 0 atom stereocenters. The minimum atomic E-state index is 0.485. The first-order chi connectivity index (χ1) is 9.28. The van der Waals surface area contributed by atoms with Crippen LogP contribution in [0.1, 0.15) is 31.2 Å². The summed E-state index contributed by atoms with van der Waals surface area (Å²) in [5.41, 5.74) is 9.12. The SMILES string of the molecule is N#Cc1ccc2ncc(N)c(NC3CCCC3)c2c1. The number of hydrogen-bond acceptors (Lipinski definition) is 4. The number of nitrogens with two attached hydrogens (primary N) is 1. The minimum Gasteiger partial charge on any atom is -0.396 e. The number of pyridine rings is 1. The van der Waals surface area contributed by atoms with E-state index in [1.54, 1.807) is 12.3 Å². The fourth-order valence-corrected chi connectivity index (χ4v) is 2.71. The van der Waals surface area contributed by atoms with Crippen molar-refractivity contribution < 1.29 is 0 Å². The molecule has 0 saturated heterocycles. The molecule has 4 heteroatoms. The highest BCUT2D eigenvalue weighted by Crippen LogP contribution is 2.31. The van der Waals surface area contributed by atoms with Crippen LogP contribution in [0.5, 0.6) is 0 Å². The van der Waals surface area contributed by atoms with Crippen LogP contribution in [0.3, 0.4) is 0 Å². The van der Waals surface area contributed by atoms with Crippen molar-refractivity contribution >= 4 is 22.3 Å². The Balaban J connectivity index is 2.09. The summed E-state index contributed by atoms with van der Waals surface area (Å²) >= 11 is 0. The molecule has 1 aromatic heterocycles. The van der Waals surface area contributed by atoms with Gasteiger partial charge in [-0.05, 0) is 31.0 Å². The third-order valence-corrected chi connectivity index (χ3v) is 3.73. The predicted molar refractivity (Wildman–Crippen MR) is 76.7 cm³/mol. The van der Waals surface area contributed by atoms with Gasteiger partial charge in [0.1, 0.15) is 0 Å². The number of aromatic nitrogens is 1. The van der Waals surface area contributed by atoms with Gasteiger partial charge in [0.25, 0.3) is 0 Å². The third-order valence-electron chi connectivity index (χ3n) is 3.73. The fraction of sp³-hybridized carbons (Fsp3) is 0.333. The zero-order chi connectivity index (χ0) is 13.2. The van der Waals surface area contributed by atoms with Crippen molar-refractivity contribution in [3.05, 3.63) is 30.0 Å². The maximum Gasteiger partial charge on any atom is 0.0991 e. The van der Waals surface area contributed by atoms with Gasteiger partial charge in [0, 0.05) is 11.4 Å². The summed E-state index contributed by atoms with van der Waals surface area (Å²) in [7, 11) is 0. The summed E-state index contributed by atoms with van der Waals surface area (Å²) in [6.45, 7) is 0. The standard InChI is InChI=1S/C15H16N4/c16-8-10-5-6-14-12(7-10)15(13(17)9-18-14)19-11-3-1-2-4-11/h5-7,9,11H,1-4,17H2,(H,18,19). The molecule has 96 valence electrons. The summed E-state index contributed by atoms with van der Waals surface area (Å²) in [5, 5.41) is 13.5. The normalized spacial score (nSPS) is 15.5. The van der Waals surface area contributed by atoms with E-state index in [1.165, 1.54) is 25.7 Å². The highest BCUT2D eigenvalue weighted by molar-refractivity contribution is 5.97. The monoisotopic (exact) mass is 252 g/mol. The summed E-state index contributed by atoms with van der Waals surface area (Å²) in [5.74, 6) is 0. The third kappa shape index (κ3) is 2.19. The van der Waals surface area contributed by atoms with Crippen molar-refractivity contribution in [3.63, 3.8) is 0 Å². The van der Waals surface area contributed by atoms with Crippen molar-refractivity contribution in [2.24, 2.45) is 0 Å². The zero-order valence-electron chi connectivity index (χ0n) is 10.7. The molecule has 1 heterocycles. The molecule has 19 heavy (non-hydrogen) atoms. The molecule has 1 fully saturated rings. The van der Waals surface area contributed by atoms with Crippen molar-refractivity contribution in [1.82, 2.24) is 4.98 Å². The first-order valence-electron chi connectivity index (χ1n) is 6.63. The van der Waals surface area contributed by atoms with Crippen molar-refractivity contribution in [1.29, 1.82) is 5.26 Å². The van der Waals surface area contributed by atoms with Gasteiger partial charge in [-0.1, -0.05) is 12.8 Å².